The van der Waals surface area contributed by atoms with Gasteiger partial charge in [-0.25, -0.2) is 17.5 Å². The Hall–Kier alpha value is -1.73. The molecule has 0 aliphatic heterocycles. The summed E-state index contributed by atoms with van der Waals surface area (Å²) in [6, 6.07) is 5.69. The number of nitrogens with one attached hydrogen (secondary N) is 2. The maximum absolute atomic E-state index is 12.8. The van der Waals surface area contributed by atoms with Gasteiger partial charge in [-0.05, 0) is 38.0 Å². The van der Waals surface area contributed by atoms with E-state index in [9.17, 15) is 12.8 Å². The van der Waals surface area contributed by atoms with Gasteiger partial charge in [0.1, 0.15) is 10.7 Å². The van der Waals surface area contributed by atoms with Crippen LogP contribution in [0.5, 0.6) is 0 Å². The van der Waals surface area contributed by atoms with Crippen LogP contribution in [0.1, 0.15) is 18.2 Å². The highest BCUT2D eigenvalue weighted by atomic mass is 32.2. The van der Waals surface area contributed by atoms with E-state index < -0.39 is 10.0 Å². The molecule has 1 aromatic carbocycles. The highest BCUT2D eigenvalue weighted by Crippen LogP contribution is 2.13. The second-order valence-electron chi connectivity index (χ2n) is 4.71. The molecule has 0 fully saturated rings. The first-order valence-corrected chi connectivity index (χ1v) is 7.63. The summed E-state index contributed by atoms with van der Waals surface area (Å²) in [6.45, 7) is 3.41. The second-order valence-corrected chi connectivity index (χ2v) is 6.39. The van der Waals surface area contributed by atoms with Gasteiger partial charge in [0.2, 0.25) is 10.0 Å². The molecule has 0 saturated heterocycles. The summed E-state index contributed by atoms with van der Waals surface area (Å²) in [5, 5.41) is 6.30. The normalized spacial score (nSPS) is 13.3. The molecular formula is C13H16FN3O2S. The maximum atomic E-state index is 12.8. The van der Waals surface area contributed by atoms with Crippen molar-refractivity contribution in [3.8, 4) is 0 Å². The Labute approximate surface area is 117 Å². The van der Waals surface area contributed by atoms with Crippen LogP contribution in [0.2, 0.25) is 0 Å². The molecule has 20 heavy (non-hydrogen) atoms. The molecule has 1 heterocycles. The van der Waals surface area contributed by atoms with Crippen LogP contribution in [-0.4, -0.2) is 24.7 Å². The van der Waals surface area contributed by atoms with Gasteiger partial charge in [0, 0.05) is 6.04 Å². The van der Waals surface area contributed by atoms with Gasteiger partial charge in [0.25, 0.3) is 0 Å². The van der Waals surface area contributed by atoms with Crippen molar-refractivity contribution in [1.82, 2.24) is 14.9 Å². The molecule has 1 aromatic heterocycles. The molecule has 5 nitrogen and oxygen atoms in total. The van der Waals surface area contributed by atoms with E-state index >= 15 is 0 Å². The molecule has 0 spiro atoms. The summed E-state index contributed by atoms with van der Waals surface area (Å²) >= 11 is 0. The van der Waals surface area contributed by atoms with Crippen LogP contribution in [0.25, 0.3) is 0 Å². The second kappa shape index (κ2) is 5.72. The first-order chi connectivity index (χ1) is 9.38. The Kier molecular flexibility index (Phi) is 4.20. The molecule has 0 radical (unpaired) electrons. The zero-order valence-corrected chi connectivity index (χ0v) is 12.0. The van der Waals surface area contributed by atoms with Crippen molar-refractivity contribution in [2.24, 2.45) is 0 Å². The van der Waals surface area contributed by atoms with Crippen LogP contribution >= 0.6 is 0 Å². The van der Waals surface area contributed by atoms with E-state index in [-0.39, 0.29) is 16.8 Å². The van der Waals surface area contributed by atoms with E-state index in [0.717, 1.165) is 5.56 Å². The van der Waals surface area contributed by atoms with Gasteiger partial charge in [-0.3, -0.25) is 5.10 Å². The predicted octanol–water partition coefficient (Wildman–Crippen LogP) is 1.77. The number of H-pyrrole nitrogens is 1. The van der Waals surface area contributed by atoms with Gasteiger partial charge in [-0.1, -0.05) is 12.1 Å². The lowest BCUT2D eigenvalue weighted by Gasteiger charge is -2.14. The summed E-state index contributed by atoms with van der Waals surface area (Å²) in [6.07, 6.45) is 1.76. The Bertz CT molecular complexity index is 680. The van der Waals surface area contributed by atoms with Crippen LogP contribution in [0.15, 0.2) is 35.4 Å². The number of sulfonamides is 1. The number of nitrogens with zero attached hydrogens (tertiary/aromatic N) is 1. The van der Waals surface area contributed by atoms with Crippen molar-refractivity contribution in [3.05, 3.63) is 47.5 Å². The third kappa shape index (κ3) is 3.43. The monoisotopic (exact) mass is 297 g/mol. The number of aromatic amines is 1. The van der Waals surface area contributed by atoms with E-state index in [0.29, 0.717) is 12.1 Å². The maximum Gasteiger partial charge on any atom is 0.244 e. The Morgan fingerprint density at radius 3 is 2.55 bits per heavy atom. The number of aryl methyl sites for hydroxylation is 1. The van der Waals surface area contributed by atoms with E-state index in [1.165, 1.54) is 18.3 Å². The van der Waals surface area contributed by atoms with Crippen molar-refractivity contribution in [2.45, 2.75) is 31.2 Å². The minimum absolute atomic E-state index is 0.142. The lowest BCUT2D eigenvalue weighted by molar-refractivity contribution is 0.559. The summed E-state index contributed by atoms with van der Waals surface area (Å²) in [4.78, 5) is 0.142. The predicted molar refractivity (Wildman–Crippen MR) is 73.2 cm³/mol. The molecule has 0 aliphatic rings. The fraction of sp³-hybridized carbons (Fsp3) is 0.308. The van der Waals surface area contributed by atoms with Gasteiger partial charge in [-0.2, -0.15) is 5.10 Å². The topological polar surface area (TPSA) is 74.8 Å². The molecule has 2 rings (SSSR count). The molecule has 0 aliphatic carbocycles. The highest BCUT2D eigenvalue weighted by Gasteiger charge is 2.21. The highest BCUT2D eigenvalue weighted by molar-refractivity contribution is 7.89. The first-order valence-electron chi connectivity index (χ1n) is 6.15. The molecule has 108 valence electrons. The minimum Gasteiger partial charge on any atom is -0.281 e. The van der Waals surface area contributed by atoms with E-state index in [4.69, 9.17) is 0 Å². The largest absolute Gasteiger partial charge is 0.281 e. The van der Waals surface area contributed by atoms with Crippen molar-refractivity contribution in [3.63, 3.8) is 0 Å². The molecular weight excluding hydrogens is 281 g/mol. The Morgan fingerprint density at radius 1 is 1.35 bits per heavy atom. The molecule has 7 heteroatoms. The smallest absolute Gasteiger partial charge is 0.244 e. The molecule has 1 atom stereocenters. The average molecular weight is 297 g/mol. The quantitative estimate of drug-likeness (QED) is 0.883. The van der Waals surface area contributed by atoms with Crippen molar-refractivity contribution >= 4 is 10.0 Å². The third-order valence-corrected chi connectivity index (χ3v) is 4.59. The van der Waals surface area contributed by atoms with E-state index in [1.807, 2.05) is 0 Å². The lowest BCUT2D eigenvalue weighted by atomic mass is 10.1. The Morgan fingerprint density at radius 2 is 2.00 bits per heavy atom. The SMILES string of the molecule is Cc1[nH]ncc1S(=O)(=O)NC(C)Cc1ccc(F)cc1. The third-order valence-electron chi connectivity index (χ3n) is 2.88. The fourth-order valence-corrected chi connectivity index (χ4v) is 3.33. The number of benzene rings is 1. The number of aromatic nitrogens is 2. The molecule has 0 saturated carbocycles. The molecule has 0 amide bonds. The van der Waals surface area contributed by atoms with Crippen LogP contribution in [0.3, 0.4) is 0 Å². The number of rotatable bonds is 5. The van der Waals surface area contributed by atoms with Gasteiger partial charge < -0.3 is 0 Å². The fourth-order valence-electron chi connectivity index (χ4n) is 1.95. The number of hydrogen-bond donors (Lipinski definition) is 2. The number of hydrogen-bond acceptors (Lipinski definition) is 3. The van der Waals surface area contributed by atoms with Crippen LogP contribution in [0, 0.1) is 12.7 Å². The van der Waals surface area contributed by atoms with Crippen LogP contribution < -0.4 is 4.72 Å². The summed E-state index contributed by atoms with van der Waals surface area (Å²) in [7, 11) is -3.59. The molecule has 2 N–H and O–H groups in total. The first kappa shape index (κ1) is 14.7. The van der Waals surface area contributed by atoms with Gasteiger partial charge in [0.15, 0.2) is 0 Å². The number of halogens is 1. The zero-order chi connectivity index (χ0) is 14.8. The Balaban J connectivity index is 2.06. The van der Waals surface area contributed by atoms with Gasteiger partial charge in [-0.15, -0.1) is 0 Å². The van der Waals surface area contributed by atoms with Crippen molar-refractivity contribution in [1.29, 1.82) is 0 Å². The summed E-state index contributed by atoms with van der Waals surface area (Å²) in [5.74, 6) is -0.309. The van der Waals surface area contributed by atoms with Crippen molar-refractivity contribution in [2.75, 3.05) is 0 Å². The van der Waals surface area contributed by atoms with Gasteiger partial charge >= 0.3 is 0 Å². The summed E-state index contributed by atoms with van der Waals surface area (Å²) < 4.78 is 39.7. The standard InChI is InChI=1S/C13H16FN3O2S/c1-9(7-11-3-5-12(14)6-4-11)17-20(18,19)13-8-15-16-10(13)2/h3-6,8-9,17H,7H2,1-2H3,(H,15,16). The van der Waals surface area contributed by atoms with Crippen LogP contribution in [-0.2, 0) is 16.4 Å². The zero-order valence-electron chi connectivity index (χ0n) is 11.2. The van der Waals surface area contributed by atoms with Crippen molar-refractivity contribution < 1.29 is 12.8 Å². The van der Waals surface area contributed by atoms with E-state index in [2.05, 4.69) is 14.9 Å². The lowest BCUT2D eigenvalue weighted by Crippen LogP contribution is -2.34. The van der Waals surface area contributed by atoms with E-state index in [1.54, 1.807) is 26.0 Å². The van der Waals surface area contributed by atoms with Gasteiger partial charge in [0.05, 0.1) is 11.9 Å². The minimum atomic E-state index is -3.59. The average Bonchev–Trinajstić information content (AvgIpc) is 2.78. The molecule has 1 unspecified atom stereocenters. The van der Waals surface area contributed by atoms with Crippen LogP contribution in [0.4, 0.5) is 4.39 Å². The summed E-state index contributed by atoms with van der Waals surface area (Å²) in [5.41, 5.74) is 1.36. The molecule has 0 bridgehead atoms. The molecule has 2 aromatic rings.